The zero-order valence-electron chi connectivity index (χ0n) is 21.3. The van der Waals surface area contributed by atoms with Crippen molar-refractivity contribution in [3.8, 4) is 16.9 Å². The zero-order chi connectivity index (χ0) is 25.7. The highest BCUT2D eigenvalue weighted by atomic mass is 35.5. The molecule has 0 amide bonds. The smallest absolute Gasteiger partial charge is 0.150 e. The van der Waals surface area contributed by atoms with Gasteiger partial charge in [0.05, 0.1) is 11.1 Å². The van der Waals surface area contributed by atoms with E-state index in [1.165, 1.54) is 27.8 Å². The highest BCUT2D eigenvalue weighted by Gasteiger charge is 2.18. The van der Waals surface area contributed by atoms with Crippen molar-refractivity contribution in [1.82, 2.24) is 4.90 Å². The lowest BCUT2D eigenvalue weighted by Gasteiger charge is -2.16. The number of aliphatic hydroxyl groups is 1. The van der Waals surface area contributed by atoms with Gasteiger partial charge in [0.15, 0.2) is 0 Å². The van der Waals surface area contributed by atoms with Gasteiger partial charge in [0.1, 0.15) is 18.6 Å². The van der Waals surface area contributed by atoms with Crippen molar-refractivity contribution >= 4 is 24.0 Å². The van der Waals surface area contributed by atoms with Gasteiger partial charge in [-0.2, -0.15) is 0 Å². The number of carbonyl (C=O) groups excluding carboxylic acids is 1. The van der Waals surface area contributed by atoms with Crippen molar-refractivity contribution in [2.45, 2.75) is 46.3 Å². The number of carbonyl (C=O) groups is 1. The summed E-state index contributed by atoms with van der Waals surface area (Å²) in [4.78, 5) is 13.5. The first-order chi connectivity index (χ1) is 17.4. The third-order valence-electron chi connectivity index (χ3n) is 7.10. The number of likely N-dealkylation sites (tertiary alicyclic amines) is 1. The molecule has 0 aliphatic carbocycles. The van der Waals surface area contributed by atoms with Gasteiger partial charge >= 0.3 is 0 Å². The van der Waals surface area contributed by atoms with Crippen LogP contribution in [0.25, 0.3) is 17.2 Å². The fraction of sp³-hybridized carbons (Fsp3) is 0.323. The Morgan fingerprint density at radius 2 is 1.81 bits per heavy atom. The topological polar surface area (TPSA) is 49.8 Å². The molecule has 1 heterocycles. The molecule has 3 aromatic carbocycles. The van der Waals surface area contributed by atoms with Crippen molar-refractivity contribution < 1.29 is 14.6 Å². The van der Waals surface area contributed by atoms with Crippen molar-refractivity contribution in [2.24, 2.45) is 0 Å². The number of hydrogen-bond donors (Lipinski definition) is 1. The lowest BCUT2D eigenvalue weighted by atomic mass is 9.91. The van der Waals surface area contributed by atoms with Crippen LogP contribution in [-0.2, 0) is 6.61 Å². The molecule has 1 aliphatic rings. The molecule has 1 saturated heterocycles. The lowest BCUT2D eigenvalue weighted by Crippen LogP contribution is -2.22. The summed E-state index contributed by atoms with van der Waals surface area (Å²) in [5.74, 6) is 0.580. The quantitative estimate of drug-likeness (QED) is 0.326. The number of rotatable bonds is 9. The summed E-state index contributed by atoms with van der Waals surface area (Å²) in [6.45, 7) is 9.32. The highest BCUT2D eigenvalue weighted by molar-refractivity contribution is 6.32. The van der Waals surface area contributed by atoms with Crippen LogP contribution in [0.5, 0.6) is 5.75 Å². The van der Waals surface area contributed by atoms with E-state index in [9.17, 15) is 9.90 Å². The zero-order valence-corrected chi connectivity index (χ0v) is 22.0. The SMILES string of the molecule is Cc1cc(OCc2cccc(-c3cccc(/C=C/CCN4CC[C@H](O)C4)c3C)c2C)c(Cl)cc1C=O. The van der Waals surface area contributed by atoms with Gasteiger partial charge in [-0.1, -0.05) is 60.2 Å². The normalized spacial score (nSPS) is 16.1. The van der Waals surface area contributed by atoms with Gasteiger partial charge in [-0.05, 0) is 84.7 Å². The molecule has 0 aromatic heterocycles. The molecule has 0 unspecified atom stereocenters. The van der Waals surface area contributed by atoms with E-state index < -0.39 is 0 Å². The van der Waals surface area contributed by atoms with E-state index in [4.69, 9.17) is 16.3 Å². The van der Waals surface area contributed by atoms with Crippen LogP contribution < -0.4 is 4.74 Å². The maximum atomic E-state index is 11.2. The van der Waals surface area contributed by atoms with Gasteiger partial charge in [-0.15, -0.1) is 0 Å². The number of ether oxygens (including phenoxy) is 1. The molecule has 0 radical (unpaired) electrons. The molecule has 1 fully saturated rings. The molecular weight excluding hydrogens is 470 g/mol. The molecule has 4 nitrogen and oxygen atoms in total. The second-order valence-electron chi connectivity index (χ2n) is 9.59. The van der Waals surface area contributed by atoms with Crippen LogP contribution in [0.3, 0.4) is 0 Å². The Bertz CT molecular complexity index is 1270. The average molecular weight is 504 g/mol. The van der Waals surface area contributed by atoms with Crippen molar-refractivity contribution in [3.05, 3.63) is 93.0 Å². The van der Waals surface area contributed by atoms with Gasteiger partial charge in [0.2, 0.25) is 0 Å². The van der Waals surface area contributed by atoms with Crippen molar-refractivity contribution in [2.75, 3.05) is 19.6 Å². The number of aldehydes is 1. The summed E-state index contributed by atoms with van der Waals surface area (Å²) in [5, 5.41) is 10.1. The van der Waals surface area contributed by atoms with E-state index in [-0.39, 0.29) is 6.10 Å². The molecular formula is C31H34ClNO3. The third-order valence-corrected chi connectivity index (χ3v) is 7.39. The summed E-state index contributed by atoms with van der Waals surface area (Å²) >= 11 is 6.34. The number of aliphatic hydroxyl groups excluding tert-OH is 1. The Kier molecular flexibility index (Phi) is 8.63. The van der Waals surface area contributed by atoms with E-state index >= 15 is 0 Å². The standard InChI is InChI=1S/C31H34ClNO3/c1-21-16-31(30(32)17-26(21)19-34)36-20-25-10-7-12-29(23(25)3)28-11-6-9-24(22(28)2)8-4-5-14-33-15-13-27(35)18-33/h4,6-12,16-17,19,27,35H,5,13-15,18,20H2,1-3H3/b8-4+/t27-/m0/s1. The Labute approximate surface area is 219 Å². The predicted octanol–water partition coefficient (Wildman–Crippen LogP) is 6.79. The van der Waals surface area contributed by atoms with E-state index in [2.05, 4.69) is 67.3 Å². The monoisotopic (exact) mass is 503 g/mol. The Hall–Kier alpha value is -2.92. The fourth-order valence-electron chi connectivity index (χ4n) is 4.80. The second kappa shape index (κ2) is 11.9. The van der Waals surface area contributed by atoms with Crippen molar-refractivity contribution in [3.63, 3.8) is 0 Å². The van der Waals surface area contributed by atoms with Gasteiger partial charge < -0.3 is 14.7 Å². The molecule has 1 atom stereocenters. The summed E-state index contributed by atoms with van der Waals surface area (Å²) in [5.41, 5.74) is 8.54. The molecule has 1 aliphatic heterocycles. The van der Waals surface area contributed by atoms with Crippen LogP contribution in [-0.4, -0.2) is 42.0 Å². The fourth-order valence-corrected chi connectivity index (χ4v) is 5.03. The first kappa shape index (κ1) is 26.2. The number of benzene rings is 3. The minimum atomic E-state index is -0.165. The molecule has 4 rings (SSSR count). The van der Waals surface area contributed by atoms with Gasteiger partial charge in [-0.25, -0.2) is 0 Å². The van der Waals surface area contributed by atoms with Crippen LogP contribution in [0.4, 0.5) is 0 Å². The molecule has 0 bridgehead atoms. The number of nitrogens with zero attached hydrogens (tertiary/aromatic N) is 1. The largest absolute Gasteiger partial charge is 0.487 e. The maximum Gasteiger partial charge on any atom is 0.150 e. The summed E-state index contributed by atoms with van der Waals surface area (Å²) < 4.78 is 6.06. The molecule has 1 N–H and O–H groups in total. The molecule has 5 heteroatoms. The van der Waals surface area contributed by atoms with Crippen LogP contribution in [0.2, 0.25) is 5.02 Å². The number of hydrogen-bond acceptors (Lipinski definition) is 4. The molecule has 188 valence electrons. The summed E-state index contributed by atoms with van der Waals surface area (Å²) in [6, 6.07) is 16.2. The maximum absolute atomic E-state index is 11.2. The van der Waals surface area contributed by atoms with Crippen LogP contribution >= 0.6 is 11.6 Å². The highest BCUT2D eigenvalue weighted by Crippen LogP contribution is 2.32. The third kappa shape index (κ3) is 6.07. The Balaban J connectivity index is 1.49. The summed E-state index contributed by atoms with van der Waals surface area (Å²) in [7, 11) is 0. The molecule has 36 heavy (non-hydrogen) atoms. The first-order valence-corrected chi connectivity index (χ1v) is 12.9. The minimum Gasteiger partial charge on any atom is -0.487 e. The van der Waals surface area contributed by atoms with E-state index in [0.717, 1.165) is 49.9 Å². The van der Waals surface area contributed by atoms with Crippen LogP contribution in [0, 0.1) is 20.8 Å². The molecule has 3 aromatic rings. The predicted molar refractivity (Wildman–Crippen MR) is 148 cm³/mol. The van der Waals surface area contributed by atoms with E-state index in [1.54, 1.807) is 6.07 Å². The van der Waals surface area contributed by atoms with Crippen LogP contribution in [0.15, 0.2) is 54.6 Å². The average Bonchev–Trinajstić information content (AvgIpc) is 3.28. The van der Waals surface area contributed by atoms with Gasteiger partial charge in [-0.3, -0.25) is 4.79 Å². The summed E-state index contributed by atoms with van der Waals surface area (Å²) in [6.07, 6.45) is 6.94. The van der Waals surface area contributed by atoms with Crippen LogP contribution in [0.1, 0.15) is 51.0 Å². The van der Waals surface area contributed by atoms with Gasteiger partial charge in [0, 0.05) is 25.2 Å². The van der Waals surface area contributed by atoms with Crippen molar-refractivity contribution in [1.29, 1.82) is 0 Å². The minimum absolute atomic E-state index is 0.165. The number of aryl methyl sites for hydroxylation is 1. The first-order valence-electron chi connectivity index (χ1n) is 12.5. The van der Waals surface area contributed by atoms with E-state index in [0.29, 0.717) is 22.9 Å². The number of halogens is 1. The Morgan fingerprint density at radius 3 is 2.53 bits per heavy atom. The molecule has 0 saturated carbocycles. The molecule has 0 spiro atoms. The lowest BCUT2D eigenvalue weighted by molar-refractivity contribution is 0.112. The van der Waals surface area contributed by atoms with Gasteiger partial charge in [0.25, 0.3) is 0 Å². The Morgan fingerprint density at radius 1 is 1.06 bits per heavy atom. The van der Waals surface area contributed by atoms with E-state index in [1.807, 2.05) is 13.0 Å². The second-order valence-corrected chi connectivity index (χ2v) is 10.00. The number of β-amino-alcohol motifs (C(OH)–C–C–N with tert-alkyl or cyclic N) is 1.